The maximum Gasteiger partial charge on any atom is 0.237 e. The normalized spacial score (nSPS) is 15.2. The van der Waals surface area contributed by atoms with Crippen LogP contribution in [0, 0.1) is 0 Å². The average molecular weight is 447 g/mol. The van der Waals surface area contributed by atoms with Crippen molar-refractivity contribution < 1.29 is 14.3 Å². The van der Waals surface area contributed by atoms with Crippen LogP contribution in [0.5, 0.6) is 5.75 Å². The minimum atomic E-state index is 0.0474. The third kappa shape index (κ3) is 3.89. The van der Waals surface area contributed by atoms with Crippen LogP contribution in [0.3, 0.4) is 0 Å². The van der Waals surface area contributed by atoms with Crippen molar-refractivity contribution in [2.24, 2.45) is 0 Å². The summed E-state index contributed by atoms with van der Waals surface area (Å²) < 4.78 is 7.47. The van der Waals surface area contributed by atoms with E-state index in [0.717, 1.165) is 23.4 Å². The van der Waals surface area contributed by atoms with Crippen LogP contribution < -0.4 is 4.90 Å². The number of rotatable bonds is 6. The number of furan rings is 1. The van der Waals surface area contributed by atoms with Crippen LogP contribution in [0.15, 0.2) is 76.5 Å². The zero-order valence-electron chi connectivity index (χ0n) is 17.5. The maximum atomic E-state index is 13.1. The Labute approximate surface area is 189 Å². The van der Waals surface area contributed by atoms with Gasteiger partial charge in [0.05, 0.1) is 18.6 Å². The molecule has 0 aliphatic carbocycles. The first kappa shape index (κ1) is 20.4. The number of benzene rings is 2. The fourth-order valence-corrected chi connectivity index (χ4v) is 4.86. The van der Waals surface area contributed by atoms with Crippen LogP contribution in [0.2, 0.25) is 0 Å². The number of amides is 1. The summed E-state index contributed by atoms with van der Waals surface area (Å²) in [6, 6.07) is 18.7. The summed E-state index contributed by atoms with van der Waals surface area (Å²) in [5, 5.41) is 19.0. The lowest BCUT2D eigenvalue weighted by molar-refractivity contribution is -0.116. The number of anilines is 1. The van der Waals surface area contributed by atoms with E-state index in [0.29, 0.717) is 17.5 Å². The Morgan fingerprint density at radius 1 is 1.12 bits per heavy atom. The van der Waals surface area contributed by atoms with E-state index < -0.39 is 0 Å². The second-order valence-electron chi connectivity index (χ2n) is 7.75. The van der Waals surface area contributed by atoms with Gasteiger partial charge in [0.15, 0.2) is 11.0 Å². The van der Waals surface area contributed by atoms with Crippen molar-refractivity contribution in [3.8, 4) is 17.1 Å². The van der Waals surface area contributed by atoms with Crippen LogP contribution >= 0.6 is 11.8 Å². The van der Waals surface area contributed by atoms with Crippen LogP contribution in [0.4, 0.5) is 5.69 Å². The number of phenols is 1. The van der Waals surface area contributed by atoms with Gasteiger partial charge in [-0.3, -0.25) is 9.36 Å². The van der Waals surface area contributed by atoms with Crippen molar-refractivity contribution in [1.82, 2.24) is 14.8 Å². The minimum absolute atomic E-state index is 0.0474. The van der Waals surface area contributed by atoms with E-state index in [9.17, 15) is 9.90 Å². The van der Waals surface area contributed by atoms with Gasteiger partial charge in [0.25, 0.3) is 0 Å². The molecule has 1 aliphatic rings. The maximum absolute atomic E-state index is 13.1. The number of para-hydroxylation sites is 1. The summed E-state index contributed by atoms with van der Waals surface area (Å²) in [6.45, 7) is 2.51. The van der Waals surface area contributed by atoms with Crippen molar-refractivity contribution in [3.05, 3.63) is 78.3 Å². The molecule has 1 amide bonds. The highest BCUT2D eigenvalue weighted by atomic mass is 32.2. The molecule has 2 aromatic heterocycles. The van der Waals surface area contributed by atoms with Gasteiger partial charge in [0.2, 0.25) is 5.91 Å². The van der Waals surface area contributed by atoms with E-state index in [1.165, 1.54) is 17.3 Å². The number of fused-ring (bicyclic) bond motifs is 1. The van der Waals surface area contributed by atoms with Gasteiger partial charge < -0.3 is 14.4 Å². The first-order valence-electron chi connectivity index (χ1n) is 10.4. The summed E-state index contributed by atoms with van der Waals surface area (Å²) in [5.41, 5.74) is 3.02. The molecular weight excluding hydrogens is 424 g/mol. The SMILES string of the molecule is C[C@@H]1Cc2ccccc2N1C(=O)CSc1nnc(-c2ccc(O)cc2)n1Cc1ccco1. The van der Waals surface area contributed by atoms with Gasteiger partial charge in [0, 0.05) is 17.3 Å². The van der Waals surface area contributed by atoms with E-state index in [2.05, 4.69) is 23.2 Å². The lowest BCUT2D eigenvalue weighted by Crippen LogP contribution is -2.37. The molecule has 1 N–H and O–H groups in total. The number of carbonyl (C=O) groups is 1. The zero-order chi connectivity index (χ0) is 22.1. The molecule has 162 valence electrons. The molecule has 5 rings (SSSR count). The molecule has 0 bridgehead atoms. The third-order valence-corrected chi connectivity index (χ3v) is 6.49. The summed E-state index contributed by atoms with van der Waals surface area (Å²) in [5.74, 6) is 1.90. The molecule has 0 unspecified atom stereocenters. The molecule has 1 aliphatic heterocycles. The topological polar surface area (TPSA) is 84.4 Å². The van der Waals surface area contributed by atoms with Gasteiger partial charge in [-0.1, -0.05) is 30.0 Å². The molecule has 2 aromatic carbocycles. The number of aromatic hydroxyl groups is 1. The number of aromatic nitrogens is 3. The molecule has 0 fully saturated rings. The highest BCUT2D eigenvalue weighted by Gasteiger charge is 2.30. The number of hydrogen-bond donors (Lipinski definition) is 1. The second-order valence-corrected chi connectivity index (χ2v) is 8.70. The van der Waals surface area contributed by atoms with Crippen LogP contribution in [-0.2, 0) is 17.8 Å². The highest BCUT2D eigenvalue weighted by molar-refractivity contribution is 7.99. The molecule has 4 aromatic rings. The Balaban J connectivity index is 1.40. The van der Waals surface area contributed by atoms with Gasteiger partial charge in [-0.2, -0.15) is 0 Å². The van der Waals surface area contributed by atoms with Gasteiger partial charge in [0.1, 0.15) is 11.5 Å². The van der Waals surface area contributed by atoms with E-state index in [4.69, 9.17) is 4.42 Å². The van der Waals surface area contributed by atoms with Crippen LogP contribution in [0.1, 0.15) is 18.2 Å². The summed E-state index contributed by atoms with van der Waals surface area (Å²) in [4.78, 5) is 15.0. The summed E-state index contributed by atoms with van der Waals surface area (Å²) in [6.07, 6.45) is 2.49. The summed E-state index contributed by atoms with van der Waals surface area (Å²) >= 11 is 1.37. The lowest BCUT2D eigenvalue weighted by Gasteiger charge is -2.22. The Morgan fingerprint density at radius 2 is 1.94 bits per heavy atom. The zero-order valence-corrected chi connectivity index (χ0v) is 18.3. The van der Waals surface area contributed by atoms with E-state index >= 15 is 0 Å². The molecule has 1 atom stereocenters. The van der Waals surface area contributed by atoms with Crippen LogP contribution in [-0.4, -0.2) is 37.6 Å². The Bertz CT molecular complexity index is 1230. The third-order valence-electron chi connectivity index (χ3n) is 5.54. The van der Waals surface area contributed by atoms with E-state index in [1.54, 1.807) is 30.5 Å². The van der Waals surface area contributed by atoms with Gasteiger partial charge >= 0.3 is 0 Å². The largest absolute Gasteiger partial charge is 0.508 e. The average Bonchev–Trinajstić information content (AvgIpc) is 3.52. The Hall–Kier alpha value is -3.52. The van der Waals surface area contributed by atoms with Crippen molar-refractivity contribution in [1.29, 1.82) is 0 Å². The smallest absolute Gasteiger partial charge is 0.237 e. The van der Waals surface area contributed by atoms with Crippen molar-refractivity contribution in [2.75, 3.05) is 10.7 Å². The van der Waals surface area contributed by atoms with E-state index in [-0.39, 0.29) is 23.5 Å². The van der Waals surface area contributed by atoms with Gasteiger partial charge in [-0.05, 0) is 61.4 Å². The molecule has 0 spiro atoms. The molecule has 3 heterocycles. The Kier molecular flexibility index (Phi) is 5.45. The molecule has 0 saturated heterocycles. The van der Waals surface area contributed by atoms with Gasteiger partial charge in [-0.15, -0.1) is 10.2 Å². The highest BCUT2D eigenvalue weighted by Crippen LogP contribution is 2.33. The molecule has 8 heteroatoms. The van der Waals surface area contributed by atoms with Crippen molar-refractivity contribution >= 4 is 23.4 Å². The lowest BCUT2D eigenvalue weighted by atomic mass is 10.1. The molecule has 0 radical (unpaired) electrons. The number of nitrogens with zero attached hydrogens (tertiary/aromatic N) is 4. The number of hydrogen-bond acceptors (Lipinski definition) is 6. The Morgan fingerprint density at radius 3 is 2.72 bits per heavy atom. The molecule has 7 nitrogen and oxygen atoms in total. The second kappa shape index (κ2) is 8.55. The first-order valence-corrected chi connectivity index (χ1v) is 11.4. The quantitative estimate of drug-likeness (QED) is 0.443. The molecule has 32 heavy (non-hydrogen) atoms. The number of thioether (sulfide) groups is 1. The summed E-state index contributed by atoms with van der Waals surface area (Å²) in [7, 11) is 0. The van der Waals surface area contributed by atoms with Crippen LogP contribution in [0.25, 0.3) is 11.4 Å². The predicted molar refractivity (Wildman–Crippen MR) is 123 cm³/mol. The fraction of sp³-hybridized carbons (Fsp3) is 0.208. The fourth-order valence-electron chi connectivity index (χ4n) is 4.06. The predicted octanol–water partition coefficient (Wildman–Crippen LogP) is 4.36. The van der Waals surface area contributed by atoms with E-state index in [1.807, 2.05) is 39.8 Å². The van der Waals surface area contributed by atoms with Crippen molar-refractivity contribution in [3.63, 3.8) is 0 Å². The number of phenolic OH excluding ortho intramolecular Hbond substituents is 1. The minimum Gasteiger partial charge on any atom is -0.508 e. The molecular formula is C24H22N4O3S. The number of carbonyl (C=O) groups excluding carboxylic acids is 1. The van der Waals surface area contributed by atoms with Crippen molar-refractivity contribution in [2.45, 2.75) is 31.1 Å². The van der Waals surface area contributed by atoms with Gasteiger partial charge in [-0.25, -0.2) is 0 Å². The molecule has 0 saturated carbocycles. The standard InChI is InChI=1S/C24H22N4O3S/c1-16-13-18-5-2-3-7-21(18)28(16)22(30)15-32-24-26-25-23(17-8-10-19(29)11-9-17)27(24)14-20-6-4-12-31-20/h2-12,16,29H,13-15H2,1H3/t16-/m1/s1. The monoisotopic (exact) mass is 446 g/mol. The first-order chi connectivity index (χ1) is 15.6.